The van der Waals surface area contributed by atoms with Crippen molar-refractivity contribution in [1.82, 2.24) is 5.32 Å². The van der Waals surface area contributed by atoms with Crippen LogP contribution in [0.25, 0.3) is 0 Å². The first-order valence-electron chi connectivity index (χ1n) is 7.02. The molecule has 3 nitrogen and oxygen atoms in total. The van der Waals surface area contributed by atoms with E-state index in [1.807, 2.05) is 13.8 Å². The molecule has 3 heteroatoms. The molecule has 0 aromatic heterocycles. The van der Waals surface area contributed by atoms with E-state index < -0.39 is 0 Å². The smallest absolute Gasteiger partial charge is 0.246 e. The minimum atomic E-state index is 0.0395. The summed E-state index contributed by atoms with van der Waals surface area (Å²) in [6, 6.07) is 0.381. The summed E-state index contributed by atoms with van der Waals surface area (Å²) >= 11 is 0. The molecule has 1 rings (SSSR count). The van der Waals surface area contributed by atoms with Crippen LogP contribution >= 0.6 is 0 Å². The molecule has 0 unspecified atom stereocenters. The first-order chi connectivity index (χ1) is 8.11. The predicted molar refractivity (Wildman–Crippen MR) is 69.9 cm³/mol. The zero-order valence-electron chi connectivity index (χ0n) is 11.5. The fourth-order valence-corrected chi connectivity index (χ4v) is 2.52. The van der Waals surface area contributed by atoms with Gasteiger partial charge in [-0.05, 0) is 45.4 Å². The monoisotopic (exact) mass is 241 g/mol. The third-order valence-corrected chi connectivity index (χ3v) is 3.46. The van der Waals surface area contributed by atoms with Crippen LogP contribution in [0.1, 0.15) is 59.3 Å². The lowest BCUT2D eigenvalue weighted by atomic mass is 9.83. The van der Waals surface area contributed by atoms with Gasteiger partial charge in [0.15, 0.2) is 0 Å². The van der Waals surface area contributed by atoms with Crippen LogP contribution < -0.4 is 5.32 Å². The van der Waals surface area contributed by atoms with Crippen LogP contribution in [0.3, 0.4) is 0 Å². The van der Waals surface area contributed by atoms with Crippen LogP contribution in [0, 0.1) is 5.92 Å². The zero-order valence-corrected chi connectivity index (χ0v) is 11.5. The maximum Gasteiger partial charge on any atom is 0.246 e. The van der Waals surface area contributed by atoms with Crippen molar-refractivity contribution in [2.24, 2.45) is 5.92 Å². The number of carbonyl (C=O) groups excluding carboxylic acids is 1. The van der Waals surface area contributed by atoms with Gasteiger partial charge in [-0.1, -0.05) is 19.8 Å². The van der Waals surface area contributed by atoms with E-state index in [2.05, 4.69) is 12.2 Å². The Hall–Kier alpha value is -0.570. The molecule has 0 aromatic rings. The fourth-order valence-electron chi connectivity index (χ4n) is 2.52. The molecule has 0 aromatic carbocycles. The van der Waals surface area contributed by atoms with Crippen molar-refractivity contribution in [2.75, 3.05) is 6.61 Å². The molecule has 0 heterocycles. The summed E-state index contributed by atoms with van der Waals surface area (Å²) in [7, 11) is 0. The van der Waals surface area contributed by atoms with Gasteiger partial charge in [-0.2, -0.15) is 0 Å². The molecular weight excluding hydrogens is 214 g/mol. The second-order valence-corrected chi connectivity index (χ2v) is 5.43. The number of carbonyl (C=O) groups is 1. The summed E-state index contributed by atoms with van der Waals surface area (Å²) in [5, 5.41) is 3.07. The van der Waals surface area contributed by atoms with Gasteiger partial charge in [0.2, 0.25) is 5.91 Å². The highest BCUT2D eigenvalue weighted by Crippen LogP contribution is 2.27. The van der Waals surface area contributed by atoms with Gasteiger partial charge in [0, 0.05) is 6.04 Å². The van der Waals surface area contributed by atoms with Crippen molar-refractivity contribution in [3.8, 4) is 0 Å². The van der Waals surface area contributed by atoms with Gasteiger partial charge >= 0.3 is 0 Å². The van der Waals surface area contributed by atoms with E-state index in [0.29, 0.717) is 6.04 Å². The lowest BCUT2D eigenvalue weighted by Gasteiger charge is -2.29. The van der Waals surface area contributed by atoms with Crippen molar-refractivity contribution in [3.63, 3.8) is 0 Å². The molecule has 0 spiro atoms. The molecule has 0 aliphatic heterocycles. The molecule has 100 valence electrons. The molecule has 1 N–H and O–H groups in total. The largest absolute Gasteiger partial charge is 0.369 e. The summed E-state index contributed by atoms with van der Waals surface area (Å²) < 4.78 is 5.29. The normalized spacial score (nSPS) is 24.9. The summed E-state index contributed by atoms with van der Waals surface area (Å²) in [4.78, 5) is 11.6. The molecule has 1 aliphatic rings. The molecular formula is C14H27NO2. The highest BCUT2D eigenvalue weighted by atomic mass is 16.5. The zero-order chi connectivity index (χ0) is 12.7. The van der Waals surface area contributed by atoms with Crippen molar-refractivity contribution >= 4 is 5.91 Å². The van der Waals surface area contributed by atoms with Gasteiger partial charge in [0.1, 0.15) is 6.61 Å². The molecule has 0 atom stereocenters. The summed E-state index contributed by atoms with van der Waals surface area (Å²) in [6.07, 6.45) is 7.56. The Balaban J connectivity index is 2.14. The number of amides is 1. The first-order valence-corrected chi connectivity index (χ1v) is 7.02. The van der Waals surface area contributed by atoms with Crippen LogP contribution in [0.4, 0.5) is 0 Å². The number of rotatable bonds is 6. The summed E-state index contributed by atoms with van der Waals surface area (Å²) in [5.74, 6) is 0.928. The Morgan fingerprint density at radius 2 is 1.94 bits per heavy atom. The van der Waals surface area contributed by atoms with Gasteiger partial charge in [-0.15, -0.1) is 0 Å². The Kier molecular flexibility index (Phi) is 6.56. The Bertz CT molecular complexity index is 220. The molecule has 1 amide bonds. The Morgan fingerprint density at radius 1 is 1.29 bits per heavy atom. The van der Waals surface area contributed by atoms with Crippen LogP contribution in [0.2, 0.25) is 0 Å². The van der Waals surface area contributed by atoms with E-state index in [1.165, 1.54) is 25.7 Å². The second-order valence-electron chi connectivity index (χ2n) is 5.43. The third-order valence-electron chi connectivity index (χ3n) is 3.46. The number of hydrogen-bond donors (Lipinski definition) is 1. The Morgan fingerprint density at radius 3 is 2.47 bits per heavy atom. The topological polar surface area (TPSA) is 38.3 Å². The van der Waals surface area contributed by atoms with Gasteiger partial charge in [0.05, 0.1) is 6.10 Å². The van der Waals surface area contributed by atoms with Crippen molar-refractivity contribution in [2.45, 2.75) is 71.4 Å². The van der Waals surface area contributed by atoms with E-state index in [4.69, 9.17) is 4.74 Å². The van der Waals surface area contributed by atoms with Gasteiger partial charge in [-0.3, -0.25) is 4.79 Å². The standard InChI is InChI=1S/C14H27NO2/c1-4-5-12-6-8-13(9-7-12)15-14(16)10-17-11(2)3/h11-13H,4-10H2,1-3H3,(H,15,16). The molecule has 17 heavy (non-hydrogen) atoms. The molecule has 0 radical (unpaired) electrons. The van der Waals surface area contributed by atoms with E-state index >= 15 is 0 Å². The number of ether oxygens (including phenoxy) is 1. The lowest BCUT2D eigenvalue weighted by molar-refractivity contribution is -0.128. The number of hydrogen-bond acceptors (Lipinski definition) is 2. The minimum Gasteiger partial charge on any atom is -0.369 e. The maximum atomic E-state index is 11.6. The van der Waals surface area contributed by atoms with Gasteiger partial charge in [-0.25, -0.2) is 0 Å². The second kappa shape index (κ2) is 7.70. The predicted octanol–water partition coefficient (Wildman–Crippen LogP) is 2.89. The SMILES string of the molecule is CCCC1CCC(NC(=O)COC(C)C)CC1. The summed E-state index contributed by atoms with van der Waals surface area (Å²) in [6.45, 7) is 6.34. The molecule has 1 aliphatic carbocycles. The van der Waals surface area contributed by atoms with Crippen LogP contribution in [-0.4, -0.2) is 24.7 Å². The van der Waals surface area contributed by atoms with Crippen LogP contribution in [-0.2, 0) is 9.53 Å². The average molecular weight is 241 g/mol. The Labute approximate surface area is 105 Å². The molecule has 1 fully saturated rings. The van der Waals surface area contributed by atoms with E-state index in [0.717, 1.165) is 18.8 Å². The van der Waals surface area contributed by atoms with E-state index in [9.17, 15) is 4.79 Å². The molecule has 1 saturated carbocycles. The third kappa shape index (κ3) is 6.06. The van der Waals surface area contributed by atoms with E-state index in [-0.39, 0.29) is 18.6 Å². The van der Waals surface area contributed by atoms with Crippen molar-refractivity contribution in [3.05, 3.63) is 0 Å². The lowest BCUT2D eigenvalue weighted by Crippen LogP contribution is -2.39. The van der Waals surface area contributed by atoms with Gasteiger partial charge in [0.25, 0.3) is 0 Å². The maximum absolute atomic E-state index is 11.6. The molecule has 0 bridgehead atoms. The average Bonchev–Trinajstić information content (AvgIpc) is 2.29. The fraction of sp³-hybridized carbons (Fsp3) is 0.929. The van der Waals surface area contributed by atoms with Crippen LogP contribution in [0.5, 0.6) is 0 Å². The first kappa shape index (κ1) is 14.5. The highest BCUT2D eigenvalue weighted by molar-refractivity contribution is 5.77. The minimum absolute atomic E-state index is 0.0395. The van der Waals surface area contributed by atoms with Gasteiger partial charge < -0.3 is 10.1 Å². The van der Waals surface area contributed by atoms with Crippen LogP contribution in [0.15, 0.2) is 0 Å². The number of nitrogens with one attached hydrogen (secondary N) is 1. The quantitative estimate of drug-likeness (QED) is 0.776. The van der Waals surface area contributed by atoms with Crippen molar-refractivity contribution < 1.29 is 9.53 Å². The molecule has 0 saturated heterocycles. The summed E-state index contributed by atoms with van der Waals surface area (Å²) in [5.41, 5.74) is 0. The van der Waals surface area contributed by atoms with E-state index in [1.54, 1.807) is 0 Å². The van der Waals surface area contributed by atoms with Crippen molar-refractivity contribution in [1.29, 1.82) is 0 Å². The highest BCUT2D eigenvalue weighted by Gasteiger charge is 2.21.